The van der Waals surface area contributed by atoms with E-state index < -0.39 is 11.9 Å². The first-order chi connectivity index (χ1) is 11.1. The molecule has 0 aliphatic carbocycles. The van der Waals surface area contributed by atoms with Crippen LogP contribution in [0.25, 0.3) is 0 Å². The number of piperidine rings is 1. The molecule has 1 amide bonds. The molecule has 1 N–H and O–H groups in total. The molecule has 1 saturated heterocycles. The van der Waals surface area contributed by atoms with Crippen molar-refractivity contribution in [2.24, 2.45) is 5.92 Å². The summed E-state index contributed by atoms with van der Waals surface area (Å²) in [6.45, 7) is 3.41. The monoisotopic (exact) mass is 319 g/mol. The van der Waals surface area contributed by atoms with E-state index in [2.05, 4.69) is 0 Å². The standard InChI is InChI=1S/C18H25NO4/c1-14-9-10-16(18(21)22)12-19(14)17(20)8-5-11-23-13-15-6-3-2-4-7-15/h2-4,6-7,14,16H,5,8-13H2,1H3,(H,21,22). The van der Waals surface area contributed by atoms with Crippen molar-refractivity contribution in [1.29, 1.82) is 0 Å². The van der Waals surface area contributed by atoms with Crippen LogP contribution in [0.3, 0.4) is 0 Å². The predicted molar refractivity (Wildman–Crippen MR) is 86.9 cm³/mol. The highest BCUT2D eigenvalue weighted by atomic mass is 16.5. The Hall–Kier alpha value is -1.88. The molecule has 0 radical (unpaired) electrons. The minimum Gasteiger partial charge on any atom is -0.481 e. The lowest BCUT2D eigenvalue weighted by Gasteiger charge is -2.36. The second kappa shape index (κ2) is 8.67. The first kappa shape index (κ1) is 17.5. The van der Waals surface area contributed by atoms with Gasteiger partial charge in [-0.05, 0) is 31.7 Å². The average molecular weight is 319 g/mol. The number of carbonyl (C=O) groups excluding carboxylic acids is 1. The summed E-state index contributed by atoms with van der Waals surface area (Å²) in [4.78, 5) is 25.1. The molecule has 126 valence electrons. The molecule has 5 heteroatoms. The summed E-state index contributed by atoms with van der Waals surface area (Å²) < 4.78 is 5.58. The quantitative estimate of drug-likeness (QED) is 0.785. The molecule has 23 heavy (non-hydrogen) atoms. The SMILES string of the molecule is CC1CCC(C(=O)O)CN1C(=O)CCCOCc1ccccc1. The summed E-state index contributed by atoms with van der Waals surface area (Å²) >= 11 is 0. The number of carboxylic acid groups (broad SMARTS) is 1. The molecule has 1 aromatic rings. The molecule has 1 heterocycles. The van der Waals surface area contributed by atoms with Crippen LogP contribution in [0, 0.1) is 5.92 Å². The first-order valence-corrected chi connectivity index (χ1v) is 8.22. The summed E-state index contributed by atoms with van der Waals surface area (Å²) in [5.74, 6) is -1.20. The lowest BCUT2D eigenvalue weighted by atomic mass is 9.93. The van der Waals surface area contributed by atoms with E-state index >= 15 is 0 Å². The molecule has 1 aliphatic rings. The van der Waals surface area contributed by atoms with E-state index in [9.17, 15) is 9.59 Å². The predicted octanol–water partition coefficient (Wildman–Crippen LogP) is 2.70. The van der Waals surface area contributed by atoms with Crippen LogP contribution < -0.4 is 0 Å². The largest absolute Gasteiger partial charge is 0.481 e. The van der Waals surface area contributed by atoms with E-state index in [4.69, 9.17) is 9.84 Å². The number of ether oxygens (including phenoxy) is 1. The van der Waals surface area contributed by atoms with Crippen LogP contribution in [-0.4, -0.2) is 41.1 Å². The molecule has 1 aromatic carbocycles. The first-order valence-electron chi connectivity index (χ1n) is 8.22. The van der Waals surface area contributed by atoms with Crippen LogP contribution in [0.5, 0.6) is 0 Å². The van der Waals surface area contributed by atoms with Gasteiger partial charge in [-0.25, -0.2) is 0 Å². The summed E-state index contributed by atoms with van der Waals surface area (Å²) in [5, 5.41) is 9.12. The van der Waals surface area contributed by atoms with E-state index in [1.54, 1.807) is 4.90 Å². The minimum absolute atomic E-state index is 0.0340. The van der Waals surface area contributed by atoms with Gasteiger partial charge in [0.2, 0.25) is 5.91 Å². The Balaban J connectivity index is 1.68. The maximum atomic E-state index is 12.3. The number of carboxylic acids is 1. The van der Waals surface area contributed by atoms with Crippen LogP contribution in [0.2, 0.25) is 0 Å². The highest BCUT2D eigenvalue weighted by Crippen LogP contribution is 2.23. The van der Waals surface area contributed by atoms with Crippen molar-refractivity contribution in [2.45, 2.75) is 45.3 Å². The van der Waals surface area contributed by atoms with Gasteiger partial charge in [0.05, 0.1) is 12.5 Å². The van der Waals surface area contributed by atoms with Gasteiger partial charge in [0.15, 0.2) is 0 Å². The van der Waals surface area contributed by atoms with Gasteiger partial charge in [-0.1, -0.05) is 30.3 Å². The van der Waals surface area contributed by atoms with Crippen LogP contribution in [0.15, 0.2) is 30.3 Å². The third-order valence-electron chi connectivity index (χ3n) is 4.34. The molecule has 2 rings (SSSR count). The Morgan fingerprint density at radius 1 is 1.26 bits per heavy atom. The van der Waals surface area contributed by atoms with Crippen molar-refractivity contribution in [3.8, 4) is 0 Å². The lowest BCUT2D eigenvalue weighted by Crippen LogP contribution is -2.47. The number of hydrogen-bond donors (Lipinski definition) is 1. The van der Waals surface area contributed by atoms with Gasteiger partial charge in [0, 0.05) is 25.6 Å². The van der Waals surface area contributed by atoms with Gasteiger partial charge >= 0.3 is 5.97 Å². The summed E-state index contributed by atoms with van der Waals surface area (Å²) in [6.07, 6.45) is 2.48. The fourth-order valence-electron chi connectivity index (χ4n) is 2.89. The van der Waals surface area contributed by atoms with Gasteiger partial charge in [0.25, 0.3) is 0 Å². The Bertz CT molecular complexity index is 517. The third kappa shape index (κ3) is 5.36. The van der Waals surface area contributed by atoms with Crippen molar-refractivity contribution >= 4 is 11.9 Å². The number of nitrogens with zero attached hydrogens (tertiary/aromatic N) is 1. The number of benzene rings is 1. The van der Waals surface area contributed by atoms with E-state index in [0.29, 0.717) is 39.0 Å². The zero-order chi connectivity index (χ0) is 16.7. The number of carbonyl (C=O) groups is 2. The average Bonchev–Trinajstić information content (AvgIpc) is 2.55. The van der Waals surface area contributed by atoms with E-state index in [-0.39, 0.29) is 11.9 Å². The van der Waals surface area contributed by atoms with Crippen molar-refractivity contribution in [3.63, 3.8) is 0 Å². The topological polar surface area (TPSA) is 66.8 Å². The number of aliphatic carboxylic acids is 1. The number of hydrogen-bond acceptors (Lipinski definition) is 3. The summed E-state index contributed by atoms with van der Waals surface area (Å²) in [5.41, 5.74) is 1.12. The van der Waals surface area contributed by atoms with E-state index in [1.165, 1.54) is 0 Å². The van der Waals surface area contributed by atoms with E-state index in [0.717, 1.165) is 12.0 Å². The van der Waals surface area contributed by atoms with Gasteiger partial charge < -0.3 is 14.7 Å². The van der Waals surface area contributed by atoms with Gasteiger partial charge in [0.1, 0.15) is 0 Å². The summed E-state index contributed by atoms with van der Waals surface area (Å²) in [7, 11) is 0. The van der Waals surface area contributed by atoms with Crippen molar-refractivity contribution in [3.05, 3.63) is 35.9 Å². The fraction of sp³-hybridized carbons (Fsp3) is 0.556. The smallest absolute Gasteiger partial charge is 0.308 e. The normalized spacial score (nSPS) is 21.2. The third-order valence-corrected chi connectivity index (χ3v) is 4.34. The van der Waals surface area contributed by atoms with Gasteiger partial charge in [-0.3, -0.25) is 9.59 Å². The highest BCUT2D eigenvalue weighted by Gasteiger charge is 2.32. The molecular weight excluding hydrogens is 294 g/mol. The molecule has 1 aliphatic heterocycles. The fourth-order valence-corrected chi connectivity index (χ4v) is 2.89. The lowest BCUT2D eigenvalue weighted by molar-refractivity contribution is -0.147. The number of rotatable bonds is 7. The van der Waals surface area contributed by atoms with E-state index in [1.807, 2.05) is 37.3 Å². The van der Waals surface area contributed by atoms with Crippen LogP contribution in [0.4, 0.5) is 0 Å². The Labute approximate surface area is 137 Å². The highest BCUT2D eigenvalue weighted by molar-refractivity contribution is 5.78. The molecule has 5 nitrogen and oxygen atoms in total. The molecule has 0 spiro atoms. The van der Waals surface area contributed by atoms with Crippen LogP contribution >= 0.6 is 0 Å². The van der Waals surface area contributed by atoms with Crippen LogP contribution in [-0.2, 0) is 20.9 Å². The molecule has 2 unspecified atom stereocenters. The van der Waals surface area contributed by atoms with Crippen molar-refractivity contribution < 1.29 is 19.4 Å². The second-order valence-electron chi connectivity index (χ2n) is 6.15. The van der Waals surface area contributed by atoms with Crippen molar-refractivity contribution in [2.75, 3.05) is 13.2 Å². The zero-order valence-corrected chi connectivity index (χ0v) is 13.6. The van der Waals surface area contributed by atoms with Crippen molar-refractivity contribution in [1.82, 2.24) is 4.90 Å². The minimum atomic E-state index is -0.805. The number of amides is 1. The Morgan fingerprint density at radius 2 is 2.00 bits per heavy atom. The Morgan fingerprint density at radius 3 is 2.70 bits per heavy atom. The molecule has 0 saturated carbocycles. The summed E-state index contributed by atoms with van der Waals surface area (Å²) in [6, 6.07) is 10.0. The maximum Gasteiger partial charge on any atom is 0.308 e. The molecular formula is C18H25NO4. The molecule has 2 atom stereocenters. The zero-order valence-electron chi connectivity index (χ0n) is 13.6. The van der Waals surface area contributed by atoms with Gasteiger partial charge in [-0.2, -0.15) is 0 Å². The maximum absolute atomic E-state index is 12.3. The van der Waals surface area contributed by atoms with Crippen LogP contribution in [0.1, 0.15) is 38.2 Å². The molecule has 0 aromatic heterocycles. The number of likely N-dealkylation sites (tertiary alicyclic amines) is 1. The molecule has 0 bridgehead atoms. The second-order valence-corrected chi connectivity index (χ2v) is 6.15. The van der Waals surface area contributed by atoms with Gasteiger partial charge in [-0.15, -0.1) is 0 Å². The molecule has 1 fully saturated rings. The Kier molecular flexibility index (Phi) is 6.59.